The summed E-state index contributed by atoms with van der Waals surface area (Å²) in [7, 11) is -0.0218. The van der Waals surface area contributed by atoms with Gasteiger partial charge in [-0.2, -0.15) is 12.7 Å². The van der Waals surface area contributed by atoms with Crippen molar-refractivity contribution in [3.8, 4) is 17.0 Å². The van der Waals surface area contributed by atoms with Crippen LogP contribution in [-0.4, -0.2) is 91.8 Å². The number of carbonyl (C=O) groups excluding carboxylic acids is 2. The van der Waals surface area contributed by atoms with Crippen LogP contribution >= 0.6 is 0 Å². The van der Waals surface area contributed by atoms with Gasteiger partial charge >= 0.3 is 10.2 Å². The standard InChI is InChI=1S/C38H47N5O5S/c1-40-21-26-10-6-17-42(33(26)22-40)37(45)38-20-31(38)30-19-27(48-2)12-14-28(30)35-34(24-8-4-3-5-9-24)29-13-11-25(18-32(29)43(35)23-38)36(44)39-49(46,47)41-15-7-16-41/h11-14,18-19,24,26,31,33H,3-10,15-17,20-23H2,1-2H3,(H,39,44). The van der Waals surface area contributed by atoms with E-state index in [1.807, 2.05) is 18.2 Å². The summed E-state index contributed by atoms with van der Waals surface area (Å²) in [5.74, 6) is 1.40. The average Bonchev–Trinajstić information content (AvgIpc) is 3.57. The topological polar surface area (TPSA) is 104 Å². The van der Waals surface area contributed by atoms with Gasteiger partial charge in [-0.15, -0.1) is 0 Å². The molecule has 1 aromatic heterocycles. The first-order chi connectivity index (χ1) is 23.7. The predicted octanol–water partition coefficient (Wildman–Crippen LogP) is 5.08. The maximum absolute atomic E-state index is 15.1. The molecule has 4 unspecified atom stereocenters. The minimum atomic E-state index is -3.89. The summed E-state index contributed by atoms with van der Waals surface area (Å²) in [6.45, 7) is 4.15. The van der Waals surface area contributed by atoms with E-state index in [1.54, 1.807) is 13.2 Å². The Balaban J connectivity index is 1.21. The number of methoxy groups -OCH3 is 1. The molecule has 4 aliphatic heterocycles. The van der Waals surface area contributed by atoms with Crippen LogP contribution in [0.1, 0.15) is 91.1 Å². The molecule has 11 heteroatoms. The lowest BCUT2D eigenvalue weighted by Crippen LogP contribution is -2.52. The quantitative estimate of drug-likeness (QED) is 0.388. The van der Waals surface area contributed by atoms with E-state index in [4.69, 9.17) is 4.74 Å². The monoisotopic (exact) mass is 685 g/mol. The number of rotatable bonds is 6. The largest absolute Gasteiger partial charge is 0.497 e. The molecule has 4 atom stereocenters. The molecule has 1 N–H and O–H groups in total. The van der Waals surface area contributed by atoms with Crippen molar-refractivity contribution in [2.75, 3.05) is 46.9 Å². The first-order valence-corrected chi connectivity index (χ1v) is 19.8. The van der Waals surface area contributed by atoms with Gasteiger partial charge in [-0.1, -0.05) is 25.3 Å². The lowest BCUT2D eigenvalue weighted by molar-refractivity contribution is -0.142. The van der Waals surface area contributed by atoms with E-state index in [0.717, 1.165) is 79.6 Å². The van der Waals surface area contributed by atoms with Gasteiger partial charge in [0.05, 0.1) is 18.2 Å². The molecule has 2 aliphatic carbocycles. The van der Waals surface area contributed by atoms with E-state index in [9.17, 15) is 13.2 Å². The highest BCUT2D eigenvalue weighted by atomic mass is 32.2. The summed E-state index contributed by atoms with van der Waals surface area (Å²) in [6, 6.07) is 12.3. The lowest BCUT2D eigenvalue weighted by atomic mass is 9.81. The molecule has 3 aromatic rings. The van der Waals surface area contributed by atoms with Crippen LogP contribution < -0.4 is 9.46 Å². The molecular weight excluding hydrogens is 639 g/mol. The molecule has 0 bridgehead atoms. The van der Waals surface area contributed by atoms with Gasteiger partial charge in [-0.05, 0) is 98.9 Å². The van der Waals surface area contributed by atoms with Crippen molar-refractivity contribution in [3.05, 3.63) is 53.1 Å². The number of nitrogens with one attached hydrogen (secondary N) is 1. The van der Waals surface area contributed by atoms with Gasteiger partial charge in [0.1, 0.15) is 5.75 Å². The van der Waals surface area contributed by atoms with Crippen LogP contribution in [0.3, 0.4) is 0 Å². The summed E-state index contributed by atoms with van der Waals surface area (Å²) in [5, 5.41) is 1.10. The van der Waals surface area contributed by atoms with Gasteiger partial charge in [0.25, 0.3) is 5.91 Å². The minimum absolute atomic E-state index is 0.0758. The number of nitrogens with zero attached hydrogens (tertiary/aromatic N) is 4. The zero-order valence-electron chi connectivity index (χ0n) is 28.6. The van der Waals surface area contributed by atoms with Crippen molar-refractivity contribution >= 4 is 32.9 Å². The Bertz CT molecular complexity index is 1960. The molecule has 49 heavy (non-hydrogen) atoms. The fourth-order valence-corrected chi connectivity index (χ4v) is 11.3. The van der Waals surface area contributed by atoms with Crippen LogP contribution in [0.4, 0.5) is 0 Å². The lowest BCUT2D eigenvalue weighted by Gasteiger charge is -2.39. The number of fused-ring (bicyclic) bond motifs is 8. The van der Waals surface area contributed by atoms with E-state index in [1.165, 1.54) is 41.1 Å². The van der Waals surface area contributed by atoms with Gasteiger partial charge in [0.15, 0.2) is 0 Å². The molecule has 0 radical (unpaired) electrons. The Labute approximate surface area is 288 Å². The van der Waals surface area contributed by atoms with Gasteiger partial charge in [-0.3, -0.25) is 9.59 Å². The summed E-state index contributed by atoms with van der Waals surface area (Å²) in [6.07, 6.45) is 9.58. The van der Waals surface area contributed by atoms with E-state index in [0.29, 0.717) is 37.0 Å². The van der Waals surface area contributed by atoms with Crippen molar-refractivity contribution in [1.29, 1.82) is 0 Å². The Morgan fingerprint density at radius 1 is 0.939 bits per heavy atom. The number of carbonyl (C=O) groups is 2. The summed E-state index contributed by atoms with van der Waals surface area (Å²) in [4.78, 5) is 33.2. The number of benzene rings is 2. The molecule has 5 fully saturated rings. The third kappa shape index (κ3) is 4.97. The Morgan fingerprint density at radius 2 is 1.76 bits per heavy atom. The fourth-order valence-electron chi connectivity index (χ4n) is 10.1. The van der Waals surface area contributed by atoms with Crippen LogP contribution in [0.15, 0.2) is 36.4 Å². The van der Waals surface area contributed by atoms with Gasteiger partial charge in [-0.25, -0.2) is 4.72 Å². The minimum Gasteiger partial charge on any atom is -0.497 e. The van der Waals surface area contributed by atoms with Gasteiger partial charge in [0, 0.05) is 73.3 Å². The third-order valence-corrected chi connectivity index (χ3v) is 14.3. The third-order valence-electron chi connectivity index (χ3n) is 12.8. The molecule has 9 rings (SSSR count). The summed E-state index contributed by atoms with van der Waals surface area (Å²) in [5.41, 5.74) is 5.42. The van der Waals surface area contributed by atoms with Crippen molar-refractivity contribution in [3.63, 3.8) is 0 Å². The summed E-state index contributed by atoms with van der Waals surface area (Å²) < 4.78 is 37.5. The van der Waals surface area contributed by atoms with E-state index >= 15 is 4.79 Å². The maximum atomic E-state index is 15.1. The molecule has 2 aromatic carbocycles. The Hall–Kier alpha value is -3.41. The van der Waals surface area contributed by atoms with Crippen molar-refractivity contribution < 1.29 is 22.7 Å². The second-order valence-corrected chi connectivity index (χ2v) is 17.3. The summed E-state index contributed by atoms with van der Waals surface area (Å²) >= 11 is 0. The number of likely N-dealkylation sites (N-methyl/N-ethyl adjacent to an activating group) is 1. The van der Waals surface area contributed by atoms with Gasteiger partial charge in [0.2, 0.25) is 5.91 Å². The van der Waals surface area contributed by atoms with Crippen LogP contribution in [-0.2, 0) is 21.5 Å². The Morgan fingerprint density at radius 3 is 2.51 bits per heavy atom. The second kappa shape index (κ2) is 11.6. The zero-order valence-corrected chi connectivity index (χ0v) is 29.4. The highest BCUT2D eigenvalue weighted by Gasteiger charge is 2.65. The predicted molar refractivity (Wildman–Crippen MR) is 188 cm³/mol. The SMILES string of the molecule is COc1ccc2c(c1)C1CC1(C(=O)N1CCCC3CN(C)CC31)Cn1c-2c(C2CCCCC2)c2ccc(C(=O)NS(=O)(=O)N3CCC3)cc21. The number of likely N-dealkylation sites (tertiary alicyclic amines) is 2. The molecular formula is C38H47N5O5S. The van der Waals surface area contributed by atoms with E-state index < -0.39 is 21.5 Å². The van der Waals surface area contributed by atoms with Crippen molar-refractivity contribution in [2.45, 2.75) is 82.2 Å². The molecule has 3 saturated heterocycles. The molecule has 10 nitrogen and oxygen atoms in total. The highest BCUT2D eigenvalue weighted by molar-refractivity contribution is 7.87. The smallest absolute Gasteiger partial charge is 0.304 e. The van der Waals surface area contributed by atoms with Crippen molar-refractivity contribution in [1.82, 2.24) is 23.4 Å². The molecule has 2 saturated carbocycles. The van der Waals surface area contributed by atoms with Crippen LogP contribution in [0.5, 0.6) is 5.75 Å². The second-order valence-electron chi connectivity index (χ2n) is 15.7. The van der Waals surface area contributed by atoms with Crippen LogP contribution in [0.2, 0.25) is 0 Å². The van der Waals surface area contributed by atoms with Crippen LogP contribution in [0, 0.1) is 11.3 Å². The zero-order chi connectivity index (χ0) is 33.7. The molecule has 5 heterocycles. The maximum Gasteiger partial charge on any atom is 0.304 e. The van der Waals surface area contributed by atoms with E-state index in [2.05, 4.69) is 38.3 Å². The average molecular weight is 686 g/mol. The number of amides is 2. The first kappa shape index (κ1) is 31.6. The number of ether oxygens (including phenoxy) is 1. The normalized spacial score (nSPS) is 28.5. The van der Waals surface area contributed by atoms with E-state index in [-0.39, 0.29) is 17.9 Å². The number of piperidine rings is 1. The fraction of sp³-hybridized carbons (Fsp3) is 0.579. The highest BCUT2D eigenvalue weighted by Crippen LogP contribution is 2.66. The number of hydrogen-bond donors (Lipinski definition) is 1. The number of aromatic nitrogens is 1. The molecule has 6 aliphatic rings. The number of hydrogen-bond acceptors (Lipinski definition) is 6. The molecule has 2 amide bonds. The van der Waals surface area contributed by atoms with Crippen molar-refractivity contribution in [2.24, 2.45) is 11.3 Å². The molecule has 260 valence electrons. The first-order valence-electron chi connectivity index (χ1n) is 18.3. The Kier molecular flexibility index (Phi) is 7.45. The van der Waals surface area contributed by atoms with Gasteiger partial charge < -0.3 is 19.1 Å². The van der Waals surface area contributed by atoms with Crippen LogP contribution in [0.25, 0.3) is 22.2 Å². The molecule has 0 spiro atoms.